The van der Waals surface area contributed by atoms with Crippen molar-refractivity contribution >= 4 is 29.4 Å². The molecule has 0 fully saturated rings. The fourth-order valence-electron chi connectivity index (χ4n) is 2.01. The SMILES string of the molecule is Cc1ccc(Sc2ccc(/C=N/Nc3ccc([N+](=O)[O-])cc3)o2)cc1. The molecule has 0 spiro atoms. The zero-order valence-electron chi connectivity index (χ0n) is 13.4. The van der Waals surface area contributed by atoms with Crippen molar-refractivity contribution in [3.8, 4) is 0 Å². The third kappa shape index (κ3) is 4.71. The Hall–Kier alpha value is -3.06. The number of furan rings is 1. The van der Waals surface area contributed by atoms with E-state index in [0.717, 1.165) is 9.99 Å². The first-order valence-corrected chi connectivity index (χ1v) is 8.30. The molecule has 3 aromatic rings. The predicted octanol–water partition coefficient (Wildman–Crippen LogP) is 5.09. The number of rotatable bonds is 6. The van der Waals surface area contributed by atoms with Crippen LogP contribution in [0.25, 0.3) is 0 Å². The number of anilines is 1. The van der Waals surface area contributed by atoms with Crippen molar-refractivity contribution in [3.63, 3.8) is 0 Å². The molecule has 2 aromatic carbocycles. The van der Waals surface area contributed by atoms with E-state index in [4.69, 9.17) is 4.42 Å². The summed E-state index contributed by atoms with van der Waals surface area (Å²) in [5.74, 6) is 0.615. The number of hydrogen-bond donors (Lipinski definition) is 1. The summed E-state index contributed by atoms with van der Waals surface area (Å²) in [6.45, 7) is 2.05. The van der Waals surface area contributed by atoms with Gasteiger partial charge in [-0.25, -0.2) is 0 Å². The van der Waals surface area contributed by atoms with Crippen molar-refractivity contribution in [1.82, 2.24) is 0 Å². The Morgan fingerprint density at radius 3 is 2.48 bits per heavy atom. The number of hydrazone groups is 1. The second kappa shape index (κ2) is 7.67. The van der Waals surface area contributed by atoms with Gasteiger partial charge >= 0.3 is 0 Å². The van der Waals surface area contributed by atoms with Gasteiger partial charge < -0.3 is 4.42 Å². The van der Waals surface area contributed by atoms with Crippen LogP contribution in [0.4, 0.5) is 11.4 Å². The number of hydrogen-bond acceptors (Lipinski definition) is 6. The summed E-state index contributed by atoms with van der Waals surface area (Å²) < 4.78 is 5.69. The molecule has 0 radical (unpaired) electrons. The van der Waals surface area contributed by atoms with Crippen molar-refractivity contribution in [2.75, 3.05) is 5.43 Å². The van der Waals surface area contributed by atoms with Crippen LogP contribution < -0.4 is 5.43 Å². The maximum atomic E-state index is 10.6. The topological polar surface area (TPSA) is 80.7 Å². The predicted molar refractivity (Wildman–Crippen MR) is 98.3 cm³/mol. The second-order valence-corrected chi connectivity index (χ2v) is 6.32. The summed E-state index contributed by atoms with van der Waals surface area (Å²) in [7, 11) is 0. The van der Waals surface area contributed by atoms with E-state index >= 15 is 0 Å². The monoisotopic (exact) mass is 353 g/mol. The van der Waals surface area contributed by atoms with Crippen molar-refractivity contribution in [2.45, 2.75) is 16.9 Å². The first-order valence-electron chi connectivity index (χ1n) is 7.48. The van der Waals surface area contributed by atoms with Gasteiger partial charge in [0.2, 0.25) is 0 Å². The molecule has 7 heteroatoms. The molecule has 0 bridgehead atoms. The number of nitro benzene ring substituents is 1. The molecule has 1 aromatic heterocycles. The molecular formula is C18H15N3O3S. The minimum absolute atomic E-state index is 0.0401. The highest BCUT2D eigenvalue weighted by molar-refractivity contribution is 7.99. The van der Waals surface area contributed by atoms with E-state index in [0.29, 0.717) is 11.4 Å². The Kier molecular flexibility index (Phi) is 5.15. The number of nitrogens with zero attached hydrogens (tertiary/aromatic N) is 2. The Balaban J connectivity index is 1.58. The Morgan fingerprint density at radius 1 is 1.08 bits per heavy atom. The molecule has 25 heavy (non-hydrogen) atoms. The molecule has 0 saturated carbocycles. The summed E-state index contributed by atoms with van der Waals surface area (Å²) in [5, 5.41) is 15.5. The molecule has 0 aliphatic heterocycles. The van der Waals surface area contributed by atoms with Crippen LogP contribution in [0.5, 0.6) is 0 Å². The fourth-order valence-corrected chi connectivity index (χ4v) is 2.79. The van der Waals surface area contributed by atoms with Gasteiger partial charge in [0.1, 0.15) is 5.76 Å². The van der Waals surface area contributed by atoms with Crippen molar-refractivity contribution in [2.24, 2.45) is 5.10 Å². The Morgan fingerprint density at radius 2 is 1.80 bits per heavy atom. The van der Waals surface area contributed by atoms with Gasteiger partial charge in [-0.3, -0.25) is 15.5 Å². The quantitative estimate of drug-likeness (QED) is 0.379. The average Bonchev–Trinajstić information content (AvgIpc) is 3.05. The minimum atomic E-state index is -0.441. The first-order chi connectivity index (χ1) is 12.1. The molecule has 0 aliphatic carbocycles. The molecule has 0 saturated heterocycles. The summed E-state index contributed by atoms with van der Waals surface area (Å²) in [6, 6.07) is 18.0. The highest BCUT2D eigenvalue weighted by Crippen LogP contribution is 2.29. The van der Waals surface area contributed by atoms with Crippen LogP contribution in [-0.2, 0) is 0 Å². The average molecular weight is 353 g/mol. The van der Waals surface area contributed by atoms with Crippen molar-refractivity contribution in [3.05, 3.63) is 82.1 Å². The van der Waals surface area contributed by atoms with Gasteiger partial charge in [0, 0.05) is 17.0 Å². The van der Waals surface area contributed by atoms with Gasteiger partial charge in [-0.2, -0.15) is 5.10 Å². The van der Waals surface area contributed by atoms with Crippen LogP contribution in [0.3, 0.4) is 0 Å². The molecule has 126 valence electrons. The van der Waals surface area contributed by atoms with Gasteiger partial charge in [-0.1, -0.05) is 29.5 Å². The number of non-ortho nitro benzene ring substituents is 1. The molecule has 1 heterocycles. The molecular weight excluding hydrogens is 338 g/mol. The highest BCUT2D eigenvalue weighted by Gasteiger charge is 2.04. The zero-order valence-corrected chi connectivity index (χ0v) is 14.2. The minimum Gasteiger partial charge on any atom is -0.448 e. The molecule has 3 rings (SSSR count). The lowest BCUT2D eigenvalue weighted by Crippen LogP contribution is -1.91. The lowest BCUT2D eigenvalue weighted by atomic mass is 10.2. The number of nitro groups is 1. The maximum absolute atomic E-state index is 10.6. The van der Waals surface area contributed by atoms with Crippen LogP contribution in [0.2, 0.25) is 0 Å². The fraction of sp³-hybridized carbons (Fsp3) is 0.0556. The summed E-state index contributed by atoms with van der Waals surface area (Å²) in [6.07, 6.45) is 1.56. The summed E-state index contributed by atoms with van der Waals surface area (Å²) in [4.78, 5) is 11.3. The molecule has 0 atom stereocenters. The number of benzene rings is 2. The molecule has 1 N–H and O–H groups in total. The van der Waals surface area contributed by atoms with Crippen LogP contribution >= 0.6 is 11.8 Å². The Bertz CT molecular complexity index is 887. The van der Waals surface area contributed by atoms with E-state index in [1.165, 1.54) is 29.5 Å². The van der Waals surface area contributed by atoms with Gasteiger partial charge in [0.25, 0.3) is 5.69 Å². The lowest BCUT2D eigenvalue weighted by Gasteiger charge is -1.99. The van der Waals surface area contributed by atoms with Crippen molar-refractivity contribution < 1.29 is 9.34 Å². The Labute approximate surface area is 148 Å². The van der Waals surface area contributed by atoms with E-state index in [2.05, 4.69) is 22.7 Å². The lowest BCUT2D eigenvalue weighted by molar-refractivity contribution is -0.384. The number of nitrogens with one attached hydrogen (secondary N) is 1. The van der Waals surface area contributed by atoms with E-state index in [1.54, 1.807) is 18.3 Å². The van der Waals surface area contributed by atoms with E-state index in [1.807, 2.05) is 31.2 Å². The zero-order chi connectivity index (χ0) is 17.6. The van der Waals surface area contributed by atoms with Gasteiger partial charge in [0.15, 0.2) is 5.09 Å². The van der Waals surface area contributed by atoms with Crippen LogP contribution in [0.15, 0.2) is 80.2 Å². The third-order valence-electron chi connectivity index (χ3n) is 3.31. The van der Waals surface area contributed by atoms with E-state index in [9.17, 15) is 10.1 Å². The smallest absolute Gasteiger partial charge is 0.269 e. The van der Waals surface area contributed by atoms with Crippen LogP contribution in [0.1, 0.15) is 11.3 Å². The molecule has 0 aliphatic rings. The van der Waals surface area contributed by atoms with E-state index in [-0.39, 0.29) is 5.69 Å². The largest absolute Gasteiger partial charge is 0.448 e. The van der Waals surface area contributed by atoms with E-state index < -0.39 is 4.92 Å². The summed E-state index contributed by atoms with van der Waals surface area (Å²) in [5.41, 5.74) is 4.72. The molecule has 0 unspecified atom stereocenters. The van der Waals surface area contributed by atoms with Gasteiger partial charge in [0.05, 0.1) is 16.8 Å². The number of aryl methyl sites for hydroxylation is 1. The second-order valence-electron chi connectivity index (χ2n) is 5.25. The van der Waals surface area contributed by atoms with Crippen LogP contribution in [-0.4, -0.2) is 11.1 Å². The first kappa shape index (κ1) is 16.8. The molecule has 0 amide bonds. The normalized spacial score (nSPS) is 10.9. The molecule has 6 nitrogen and oxygen atoms in total. The highest BCUT2D eigenvalue weighted by atomic mass is 32.2. The van der Waals surface area contributed by atoms with Crippen LogP contribution in [0, 0.1) is 17.0 Å². The van der Waals surface area contributed by atoms with Crippen molar-refractivity contribution in [1.29, 1.82) is 0 Å². The van der Waals surface area contributed by atoms with Gasteiger partial charge in [-0.15, -0.1) is 0 Å². The van der Waals surface area contributed by atoms with Gasteiger partial charge in [-0.05, 0) is 43.3 Å². The third-order valence-corrected chi connectivity index (χ3v) is 4.23. The maximum Gasteiger partial charge on any atom is 0.269 e. The standard InChI is InChI=1S/C18H15N3O3S/c1-13-2-9-17(10-3-13)25-18-11-8-16(24-18)12-19-20-14-4-6-15(7-5-14)21(22)23/h2-12,20H,1H3/b19-12+. The summed E-state index contributed by atoms with van der Waals surface area (Å²) >= 11 is 1.54.